The zero-order valence-corrected chi connectivity index (χ0v) is 11.0. The average Bonchev–Trinajstić information content (AvgIpc) is 2.91. The fraction of sp³-hybridized carbons (Fsp3) is 0.267. The number of carboxylic acid groups (broad SMARTS) is 1. The Morgan fingerprint density at radius 1 is 1.25 bits per heavy atom. The maximum atomic E-state index is 10.9. The Hall–Kier alpha value is -2.43. The van der Waals surface area contributed by atoms with Gasteiger partial charge in [-0.25, -0.2) is 4.79 Å². The van der Waals surface area contributed by atoms with Gasteiger partial charge in [0.15, 0.2) is 0 Å². The van der Waals surface area contributed by atoms with Gasteiger partial charge in [0.25, 0.3) is 0 Å². The van der Waals surface area contributed by atoms with E-state index in [4.69, 9.17) is 15.6 Å². The zero-order chi connectivity index (χ0) is 14.1. The van der Waals surface area contributed by atoms with Crippen LogP contribution in [-0.2, 0) is 0 Å². The van der Waals surface area contributed by atoms with Gasteiger partial charge in [-0.3, -0.25) is 0 Å². The lowest BCUT2D eigenvalue weighted by atomic mass is 10.1. The molecule has 1 heterocycles. The molecular weight excluding hydrogens is 256 g/mol. The summed E-state index contributed by atoms with van der Waals surface area (Å²) in [5.41, 5.74) is 6.67. The Balaban J connectivity index is 1.85. The lowest BCUT2D eigenvalue weighted by molar-refractivity contribution is 0.146. The van der Waals surface area contributed by atoms with Crippen molar-refractivity contribution in [3.63, 3.8) is 0 Å². The fourth-order valence-corrected chi connectivity index (χ4v) is 2.58. The monoisotopic (exact) mass is 272 g/mol. The van der Waals surface area contributed by atoms with E-state index in [1.165, 1.54) is 4.90 Å². The molecule has 1 saturated heterocycles. The summed E-state index contributed by atoms with van der Waals surface area (Å²) in [6.45, 7) is 0.931. The van der Waals surface area contributed by atoms with Crippen molar-refractivity contribution < 1.29 is 14.6 Å². The molecule has 0 spiro atoms. The second-order valence-electron chi connectivity index (χ2n) is 4.96. The van der Waals surface area contributed by atoms with Gasteiger partial charge >= 0.3 is 6.09 Å². The van der Waals surface area contributed by atoms with Crippen LogP contribution in [0.25, 0.3) is 10.8 Å². The number of likely N-dealkylation sites (tertiary alicyclic amines) is 1. The van der Waals surface area contributed by atoms with Crippen LogP contribution in [0, 0.1) is 0 Å². The highest BCUT2D eigenvalue weighted by molar-refractivity contribution is 5.97. The third-order valence-corrected chi connectivity index (χ3v) is 3.63. The highest BCUT2D eigenvalue weighted by Crippen LogP contribution is 2.31. The van der Waals surface area contributed by atoms with E-state index < -0.39 is 6.09 Å². The molecule has 5 nitrogen and oxygen atoms in total. The molecule has 1 aliphatic rings. The number of hydrogen-bond acceptors (Lipinski definition) is 3. The number of nitrogen functional groups attached to an aromatic ring is 1. The summed E-state index contributed by atoms with van der Waals surface area (Å²) in [4.78, 5) is 12.3. The topological polar surface area (TPSA) is 75.8 Å². The molecule has 20 heavy (non-hydrogen) atoms. The SMILES string of the molecule is Nc1ccc(O[C@@H]2CCN(C(=O)O)C2)c2ccccc12. The van der Waals surface area contributed by atoms with Gasteiger partial charge in [0, 0.05) is 29.4 Å². The summed E-state index contributed by atoms with van der Waals surface area (Å²) < 4.78 is 5.96. The number of hydrogen-bond donors (Lipinski definition) is 2. The minimum absolute atomic E-state index is 0.0990. The third-order valence-electron chi connectivity index (χ3n) is 3.63. The molecule has 3 N–H and O–H groups in total. The van der Waals surface area contributed by atoms with Gasteiger partial charge in [0.2, 0.25) is 0 Å². The Bertz CT molecular complexity index is 657. The molecule has 0 aliphatic carbocycles. The van der Waals surface area contributed by atoms with Crippen molar-refractivity contribution in [1.82, 2.24) is 4.90 Å². The third kappa shape index (κ3) is 2.22. The van der Waals surface area contributed by atoms with Crippen LogP contribution < -0.4 is 10.5 Å². The Morgan fingerprint density at radius 3 is 2.70 bits per heavy atom. The molecule has 0 aromatic heterocycles. The molecule has 1 fully saturated rings. The van der Waals surface area contributed by atoms with Crippen molar-refractivity contribution >= 4 is 22.6 Å². The van der Waals surface area contributed by atoms with E-state index in [1.54, 1.807) is 0 Å². The molecule has 0 saturated carbocycles. The summed E-state index contributed by atoms with van der Waals surface area (Å²) in [5.74, 6) is 0.757. The minimum atomic E-state index is -0.890. The van der Waals surface area contributed by atoms with E-state index in [2.05, 4.69) is 0 Å². The normalized spacial score (nSPS) is 18.4. The van der Waals surface area contributed by atoms with E-state index in [9.17, 15) is 4.79 Å². The molecule has 0 bridgehead atoms. The van der Waals surface area contributed by atoms with E-state index >= 15 is 0 Å². The second-order valence-corrected chi connectivity index (χ2v) is 4.96. The Morgan fingerprint density at radius 2 is 2.00 bits per heavy atom. The van der Waals surface area contributed by atoms with Gasteiger partial charge in [0.05, 0.1) is 6.54 Å². The molecule has 3 rings (SSSR count). The molecule has 2 aromatic rings. The van der Waals surface area contributed by atoms with Crippen LogP contribution in [0.1, 0.15) is 6.42 Å². The number of amides is 1. The predicted octanol–water partition coefficient (Wildman–Crippen LogP) is 2.55. The van der Waals surface area contributed by atoms with Gasteiger partial charge < -0.3 is 20.5 Å². The number of ether oxygens (including phenoxy) is 1. The summed E-state index contributed by atoms with van der Waals surface area (Å²) in [5, 5.41) is 10.9. The van der Waals surface area contributed by atoms with Crippen molar-refractivity contribution in [3.05, 3.63) is 36.4 Å². The maximum Gasteiger partial charge on any atom is 0.407 e. The van der Waals surface area contributed by atoms with Gasteiger partial charge in [-0.2, -0.15) is 0 Å². The molecule has 0 radical (unpaired) electrons. The first-order chi connectivity index (χ1) is 9.65. The number of fused-ring (bicyclic) bond motifs is 1. The van der Waals surface area contributed by atoms with Gasteiger partial charge in [-0.1, -0.05) is 24.3 Å². The summed E-state index contributed by atoms with van der Waals surface area (Å²) >= 11 is 0. The van der Waals surface area contributed by atoms with E-state index in [0.29, 0.717) is 25.2 Å². The molecule has 5 heteroatoms. The largest absolute Gasteiger partial charge is 0.488 e. The first kappa shape index (κ1) is 12.6. The highest BCUT2D eigenvalue weighted by Gasteiger charge is 2.27. The first-order valence-corrected chi connectivity index (χ1v) is 6.57. The zero-order valence-electron chi connectivity index (χ0n) is 11.0. The lowest BCUT2D eigenvalue weighted by Crippen LogP contribution is -2.29. The number of rotatable bonds is 2. The van der Waals surface area contributed by atoms with Crippen LogP contribution in [-0.4, -0.2) is 35.3 Å². The summed E-state index contributed by atoms with van der Waals surface area (Å²) in [6, 6.07) is 11.5. The van der Waals surface area contributed by atoms with Gasteiger partial charge in [-0.05, 0) is 12.1 Å². The van der Waals surface area contributed by atoms with Crippen LogP contribution >= 0.6 is 0 Å². The summed E-state index contributed by atoms with van der Waals surface area (Å²) in [7, 11) is 0. The molecule has 1 aliphatic heterocycles. The van der Waals surface area contributed by atoms with E-state index in [0.717, 1.165) is 16.5 Å². The smallest absolute Gasteiger partial charge is 0.407 e. The molecule has 1 atom stereocenters. The second kappa shape index (κ2) is 4.92. The minimum Gasteiger partial charge on any atom is -0.488 e. The Kier molecular flexibility index (Phi) is 3.10. The van der Waals surface area contributed by atoms with Gasteiger partial charge in [-0.15, -0.1) is 0 Å². The number of nitrogens with two attached hydrogens (primary N) is 1. The van der Waals surface area contributed by atoms with Gasteiger partial charge in [0.1, 0.15) is 11.9 Å². The molecule has 104 valence electrons. The van der Waals surface area contributed by atoms with E-state index in [-0.39, 0.29) is 6.10 Å². The summed E-state index contributed by atoms with van der Waals surface area (Å²) in [6.07, 6.45) is -0.276. The van der Waals surface area contributed by atoms with Crippen LogP contribution in [0.15, 0.2) is 36.4 Å². The first-order valence-electron chi connectivity index (χ1n) is 6.57. The van der Waals surface area contributed by atoms with Crippen LogP contribution in [0.3, 0.4) is 0 Å². The molecule has 0 unspecified atom stereocenters. The van der Waals surface area contributed by atoms with Crippen LogP contribution in [0.5, 0.6) is 5.75 Å². The predicted molar refractivity (Wildman–Crippen MR) is 77.0 cm³/mol. The van der Waals surface area contributed by atoms with Crippen molar-refractivity contribution in [2.45, 2.75) is 12.5 Å². The number of nitrogens with zero attached hydrogens (tertiary/aromatic N) is 1. The standard InChI is InChI=1S/C15H16N2O3/c16-13-5-6-14(12-4-2-1-3-11(12)13)20-10-7-8-17(9-10)15(18)19/h1-6,10H,7-9,16H2,(H,18,19)/t10-/m1/s1. The van der Waals surface area contributed by atoms with Crippen LogP contribution in [0.4, 0.5) is 10.5 Å². The van der Waals surface area contributed by atoms with Crippen molar-refractivity contribution in [2.75, 3.05) is 18.8 Å². The maximum absolute atomic E-state index is 10.9. The van der Waals surface area contributed by atoms with E-state index in [1.807, 2.05) is 36.4 Å². The quantitative estimate of drug-likeness (QED) is 0.824. The number of anilines is 1. The lowest BCUT2D eigenvalue weighted by Gasteiger charge is -2.16. The molecular formula is C15H16N2O3. The number of benzene rings is 2. The van der Waals surface area contributed by atoms with Crippen molar-refractivity contribution in [2.24, 2.45) is 0 Å². The molecule has 1 amide bonds. The molecule has 2 aromatic carbocycles. The van der Waals surface area contributed by atoms with Crippen molar-refractivity contribution in [3.8, 4) is 5.75 Å². The highest BCUT2D eigenvalue weighted by atomic mass is 16.5. The fourth-order valence-electron chi connectivity index (χ4n) is 2.58. The van der Waals surface area contributed by atoms with Crippen molar-refractivity contribution in [1.29, 1.82) is 0 Å². The van der Waals surface area contributed by atoms with Crippen LogP contribution in [0.2, 0.25) is 0 Å². The Labute approximate surface area is 116 Å². The average molecular weight is 272 g/mol. The number of carbonyl (C=O) groups is 1.